The fourth-order valence-electron chi connectivity index (χ4n) is 7.18. The monoisotopic (exact) mass is 653 g/mol. The van der Waals surface area contributed by atoms with Gasteiger partial charge in [-0.2, -0.15) is 0 Å². The highest BCUT2D eigenvalue weighted by molar-refractivity contribution is 6.72. The van der Waals surface area contributed by atoms with Gasteiger partial charge in [0.25, 0.3) is 11.6 Å². The van der Waals surface area contributed by atoms with E-state index in [-0.39, 0.29) is 43.1 Å². The molecule has 1 unspecified atom stereocenters. The van der Waals surface area contributed by atoms with E-state index in [0.717, 1.165) is 5.56 Å². The first-order valence-electron chi connectivity index (χ1n) is 15.5. The van der Waals surface area contributed by atoms with Crippen LogP contribution in [0.4, 0.5) is 15.5 Å². The van der Waals surface area contributed by atoms with Gasteiger partial charge in [0.1, 0.15) is 0 Å². The van der Waals surface area contributed by atoms with Gasteiger partial charge in [-0.05, 0) is 44.0 Å². The molecule has 1 amide bonds. The largest absolute Gasteiger partial charge is 0.469 e. The van der Waals surface area contributed by atoms with Crippen molar-refractivity contribution in [1.82, 2.24) is 15.0 Å². The first-order valence-corrected chi connectivity index (χ1v) is 18.5. The van der Waals surface area contributed by atoms with E-state index < -0.39 is 36.5 Å². The van der Waals surface area contributed by atoms with Crippen molar-refractivity contribution in [2.75, 3.05) is 25.2 Å². The van der Waals surface area contributed by atoms with Crippen LogP contribution in [0.25, 0.3) is 0 Å². The van der Waals surface area contributed by atoms with Gasteiger partial charge in [0.15, 0.2) is 5.60 Å². The Labute approximate surface area is 267 Å². The third-order valence-electron chi connectivity index (χ3n) is 9.34. The van der Waals surface area contributed by atoms with Gasteiger partial charge in [-0.3, -0.25) is 24.4 Å². The molecule has 2 aliphatic rings. The zero-order valence-electron chi connectivity index (χ0n) is 26.5. The minimum Gasteiger partial charge on any atom is -0.469 e. The van der Waals surface area contributed by atoms with Crippen LogP contribution < -0.4 is 4.90 Å². The highest BCUT2D eigenvalue weighted by atomic mass is 28.4. The van der Waals surface area contributed by atoms with Crippen molar-refractivity contribution in [3.05, 3.63) is 81.7 Å². The van der Waals surface area contributed by atoms with E-state index >= 15 is 4.11 Å². The second-order valence-electron chi connectivity index (χ2n) is 12.6. The molecule has 0 radical (unpaired) electrons. The Bertz CT molecular complexity index is 1580. The highest BCUT2D eigenvalue weighted by Crippen LogP contribution is 2.60. The number of unbranched alkanes of at least 4 members (excludes halogenated alkanes) is 1. The molecule has 1 aromatic heterocycles. The van der Waals surface area contributed by atoms with Crippen LogP contribution in [0.2, 0.25) is 18.6 Å². The number of hydrogen-bond acceptors (Lipinski definition) is 9. The number of aliphatic hydroxyl groups excluding tert-OH is 1. The number of anilines is 1. The van der Waals surface area contributed by atoms with Crippen LogP contribution in [0, 0.1) is 16.0 Å². The number of fused-ring (bicyclic) bond motifs is 2. The molecule has 246 valence electrons. The van der Waals surface area contributed by atoms with E-state index in [1.807, 2.05) is 30.3 Å². The molecule has 0 aliphatic carbocycles. The molecule has 1 saturated heterocycles. The molecule has 1 fully saturated rings. The summed E-state index contributed by atoms with van der Waals surface area (Å²) < 4.78 is 29.2. The summed E-state index contributed by atoms with van der Waals surface area (Å²) in [6.07, 6.45) is 2.58. The standard InChI is InChI=1S/C32H40FN5O7Si/c1-21-30(46(3,4)33)28(15-17-36-19-26(34-35-36)24(20-39)22-10-6-5-7-11-22)45-32(21)25-18-23(38(42)43)13-14-27(25)37(31(32)41)16-9-8-12-29(40)44-2/h5-7,10-11,13-14,18-19,21,24,28,30,39H,8-9,12,15-17,20H2,1-4H3/t21-,24?,28+,30-,32+/m1/s1. The average Bonchev–Trinajstić information content (AvgIpc) is 3.68. The Morgan fingerprint density at radius 3 is 2.61 bits per heavy atom. The number of nitrogens with zero attached hydrogens (tertiary/aromatic N) is 5. The van der Waals surface area contributed by atoms with Crippen molar-refractivity contribution in [3.63, 3.8) is 0 Å². The van der Waals surface area contributed by atoms with Gasteiger partial charge in [0.05, 0.1) is 42.0 Å². The number of amides is 1. The van der Waals surface area contributed by atoms with Crippen molar-refractivity contribution < 1.29 is 33.2 Å². The molecule has 3 aromatic rings. The molecule has 2 aliphatic heterocycles. The lowest BCUT2D eigenvalue weighted by atomic mass is 9.82. The molecular weight excluding hydrogens is 613 g/mol. The normalized spacial score (nSPS) is 23.1. The minimum absolute atomic E-state index is 0.148. The van der Waals surface area contributed by atoms with Crippen LogP contribution in [-0.4, -0.2) is 71.7 Å². The summed E-state index contributed by atoms with van der Waals surface area (Å²) in [6, 6.07) is 13.8. The Morgan fingerprint density at radius 1 is 1.22 bits per heavy atom. The Balaban J connectivity index is 1.43. The quantitative estimate of drug-likeness (QED) is 0.0681. The van der Waals surface area contributed by atoms with Crippen LogP contribution in [0.1, 0.15) is 55.3 Å². The number of hydrogen-bond donors (Lipinski definition) is 1. The summed E-state index contributed by atoms with van der Waals surface area (Å²) in [6.45, 7) is 5.44. The smallest absolute Gasteiger partial charge is 0.305 e. The molecule has 0 bridgehead atoms. The lowest BCUT2D eigenvalue weighted by Gasteiger charge is -2.31. The summed E-state index contributed by atoms with van der Waals surface area (Å²) in [5, 5.41) is 30.4. The van der Waals surface area contributed by atoms with Gasteiger partial charge in [-0.1, -0.05) is 42.5 Å². The maximum atomic E-state index is 16.2. The Morgan fingerprint density at radius 2 is 1.96 bits per heavy atom. The lowest BCUT2D eigenvalue weighted by molar-refractivity contribution is -0.385. The van der Waals surface area contributed by atoms with Crippen LogP contribution in [0.3, 0.4) is 0 Å². The molecule has 5 atom stereocenters. The molecule has 2 aromatic carbocycles. The highest BCUT2D eigenvalue weighted by Gasteiger charge is 2.66. The lowest BCUT2D eigenvalue weighted by Crippen LogP contribution is -2.45. The predicted octanol–water partition coefficient (Wildman–Crippen LogP) is 4.87. The van der Waals surface area contributed by atoms with Gasteiger partial charge in [0.2, 0.25) is 8.41 Å². The zero-order chi connectivity index (χ0) is 33.2. The topological polar surface area (TPSA) is 150 Å². The number of aryl methyl sites for hydroxylation is 1. The first kappa shape index (κ1) is 33.4. The number of esters is 1. The molecule has 0 saturated carbocycles. The molecule has 1 spiro atoms. The summed E-state index contributed by atoms with van der Waals surface area (Å²) in [7, 11) is -2.14. The van der Waals surface area contributed by atoms with Crippen molar-refractivity contribution in [2.24, 2.45) is 5.92 Å². The molecule has 3 heterocycles. The van der Waals surface area contributed by atoms with Crippen molar-refractivity contribution in [3.8, 4) is 0 Å². The number of aliphatic hydroxyl groups is 1. The van der Waals surface area contributed by atoms with Crippen molar-refractivity contribution in [2.45, 2.75) is 75.4 Å². The SMILES string of the molecule is COC(=O)CCCCN1C(=O)[C@@]2(O[C@@H](CCn3cc(C(CO)c4ccccc4)nn3)[C@H]([Si](C)(C)F)[C@H]2C)c2cc([N+](=O)[O-])ccc21. The van der Waals surface area contributed by atoms with E-state index in [4.69, 9.17) is 9.47 Å². The Kier molecular flexibility index (Phi) is 9.70. The number of carbonyl (C=O) groups excluding carboxylic acids is 2. The summed E-state index contributed by atoms with van der Waals surface area (Å²) in [4.78, 5) is 38.8. The van der Waals surface area contributed by atoms with Gasteiger partial charge in [0, 0.05) is 54.9 Å². The van der Waals surface area contributed by atoms with Gasteiger partial charge in [-0.25, -0.2) is 0 Å². The van der Waals surface area contributed by atoms with Crippen LogP contribution in [-0.2, 0) is 31.2 Å². The van der Waals surface area contributed by atoms with E-state index in [1.165, 1.54) is 19.2 Å². The second kappa shape index (κ2) is 13.4. The number of aromatic nitrogens is 3. The molecule has 12 nitrogen and oxygen atoms in total. The number of benzene rings is 2. The van der Waals surface area contributed by atoms with Gasteiger partial charge in [-0.15, -0.1) is 5.10 Å². The summed E-state index contributed by atoms with van der Waals surface area (Å²) in [5.41, 5.74) is -0.0154. The Hall–Kier alpha value is -4.01. The minimum atomic E-state index is -3.46. The third-order valence-corrected chi connectivity index (χ3v) is 11.8. The fraction of sp³-hybridized carbons (Fsp3) is 0.500. The van der Waals surface area contributed by atoms with Crippen LogP contribution >= 0.6 is 0 Å². The number of ether oxygens (including phenoxy) is 2. The average molecular weight is 654 g/mol. The van der Waals surface area contributed by atoms with Crippen molar-refractivity contribution >= 4 is 31.7 Å². The van der Waals surface area contributed by atoms with Gasteiger partial charge >= 0.3 is 5.97 Å². The van der Waals surface area contributed by atoms with Crippen molar-refractivity contribution in [1.29, 1.82) is 0 Å². The van der Waals surface area contributed by atoms with E-state index in [2.05, 4.69) is 10.3 Å². The molecule has 14 heteroatoms. The molecule has 46 heavy (non-hydrogen) atoms. The molecule has 1 N–H and O–H groups in total. The second-order valence-corrected chi connectivity index (χ2v) is 16.4. The van der Waals surface area contributed by atoms with Crippen LogP contribution in [0.15, 0.2) is 54.7 Å². The number of carbonyl (C=O) groups is 2. The maximum absolute atomic E-state index is 16.2. The van der Waals surface area contributed by atoms with E-state index in [0.29, 0.717) is 42.8 Å². The number of halogens is 1. The van der Waals surface area contributed by atoms with Gasteiger partial charge < -0.3 is 23.6 Å². The third kappa shape index (κ3) is 6.20. The maximum Gasteiger partial charge on any atom is 0.305 e. The number of nitro benzene ring substituents is 1. The van der Waals surface area contributed by atoms with E-state index in [1.54, 1.807) is 41.9 Å². The summed E-state index contributed by atoms with van der Waals surface area (Å²) >= 11 is 0. The number of non-ortho nitro benzene ring substituents is 1. The van der Waals surface area contributed by atoms with E-state index in [9.17, 15) is 24.8 Å². The number of methoxy groups -OCH3 is 1. The molecular formula is C32H40FN5O7Si. The first-order chi connectivity index (χ1) is 21.9. The fourth-order valence-corrected chi connectivity index (χ4v) is 9.72. The van der Waals surface area contributed by atoms with Crippen LogP contribution in [0.5, 0.6) is 0 Å². The predicted molar refractivity (Wildman–Crippen MR) is 169 cm³/mol. The number of rotatable bonds is 13. The molecule has 5 rings (SSSR count). The number of nitro groups is 1. The summed E-state index contributed by atoms with van der Waals surface area (Å²) in [5.74, 6) is -1.69. The zero-order valence-corrected chi connectivity index (χ0v) is 27.5.